The summed E-state index contributed by atoms with van der Waals surface area (Å²) in [5, 5.41) is 3.04. The van der Waals surface area contributed by atoms with Crippen molar-refractivity contribution in [3.8, 4) is 5.75 Å². The highest BCUT2D eigenvalue weighted by atomic mass is 35.5. The van der Waals surface area contributed by atoms with E-state index in [1.165, 1.54) is 23.5 Å². The molecule has 0 saturated heterocycles. The second-order valence-electron chi connectivity index (χ2n) is 5.65. The summed E-state index contributed by atoms with van der Waals surface area (Å²) in [5.74, 6) is -0.206. The van der Waals surface area contributed by atoms with Gasteiger partial charge in [-0.3, -0.25) is 13.4 Å². The maximum atomic E-state index is 14.6. The van der Waals surface area contributed by atoms with Gasteiger partial charge < -0.3 is 10.1 Å². The molecule has 1 heterocycles. The van der Waals surface area contributed by atoms with E-state index in [4.69, 9.17) is 4.74 Å². The van der Waals surface area contributed by atoms with E-state index >= 15 is 0 Å². The molecule has 144 valence electrons. The van der Waals surface area contributed by atoms with Crippen molar-refractivity contribution in [2.75, 3.05) is 35.9 Å². The zero-order valence-corrected chi connectivity index (χ0v) is 16.2. The lowest BCUT2D eigenvalue weighted by molar-refractivity contribution is 0.411. The van der Waals surface area contributed by atoms with Crippen LogP contribution < -0.4 is 18.7 Å². The van der Waals surface area contributed by atoms with Gasteiger partial charge in [-0.05, 0) is 55.2 Å². The zero-order valence-electron chi connectivity index (χ0n) is 14.6. The van der Waals surface area contributed by atoms with Crippen LogP contribution in [0.25, 0.3) is 0 Å². The molecule has 0 spiro atoms. The Morgan fingerprint density at radius 2 is 1.81 bits per heavy atom. The van der Waals surface area contributed by atoms with Crippen molar-refractivity contribution in [1.82, 2.24) is 5.32 Å². The topological polar surface area (TPSA) is 68.2 Å². The van der Waals surface area contributed by atoms with Crippen LogP contribution in [0.3, 0.4) is 0 Å². The Morgan fingerprint density at radius 3 is 2.42 bits per heavy atom. The smallest absolute Gasteiger partial charge is 0.152 e. The lowest BCUT2D eigenvalue weighted by Crippen LogP contribution is -2.33. The van der Waals surface area contributed by atoms with E-state index in [1.54, 1.807) is 22.5 Å². The first-order valence-electron chi connectivity index (χ1n) is 7.94. The summed E-state index contributed by atoms with van der Waals surface area (Å²) in [6, 6.07) is 11.5. The number of nitrogens with zero attached hydrogens (tertiary/aromatic N) is 2. The SMILES string of the molecule is CNCCCN1c2ccccc2N(c2ccc(OC)cc2F)S1(O)O.Cl. The van der Waals surface area contributed by atoms with Gasteiger partial charge in [0.15, 0.2) is 5.82 Å². The molecule has 3 N–H and O–H groups in total. The van der Waals surface area contributed by atoms with E-state index in [0.717, 1.165) is 13.0 Å². The fourth-order valence-electron chi connectivity index (χ4n) is 2.89. The lowest BCUT2D eigenvalue weighted by atomic mass is 10.2. The van der Waals surface area contributed by atoms with Crippen LogP contribution >= 0.6 is 23.4 Å². The third-order valence-corrected chi connectivity index (χ3v) is 5.93. The number of halogens is 2. The van der Waals surface area contributed by atoms with E-state index in [2.05, 4.69) is 5.32 Å². The van der Waals surface area contributed by atoms with Gasteiger partial charge in [-0.25, -0.2) is 8.70 Å². The van der Waals surface area contributed by atoms with Gasteiger partial charge in [-0.15, -0.1) is 12.4 Å². The van der Waals surface area contributed by atoms with Gasteiger partial charge in [0, 0.05) is 12.6 Å². The quantitative estimate of drug-likeness (QED) is 0.621. The molecule has 0 saturated carbocycles. The molecule has 1 aliphatic heterocycles. The van der Waals surface area contributed by atoms with Crippen LogP contribution in [-0.2, 0) is 0 Å². The number of hydrogen-bond donors (Lipinski definition) is 3. The molecule has 2 aromatic rings. The van der Waals surface area contributed by atoms with Crippen molar-refractivity contribution >= 4 is 40.4 Å². The first-order chi connectivity index (χ1) is 12.0. The molecule has 0 fully saturated rings. The minimum Gasteiger partial charge on any atom is -0.497 e. The van der Waals surface area contributed by atoms with Crippen molar-refractivity contribution < 1.29 is 18.2 Å². The highest BCUT2D eigenvalue weighted by molar-refractivity contribution is 8.27. The molecule has 2 aromatic carbocycles. The number of para-hydroxylation sites is 2. The molecule has 0 aliphatic carbocycles. The van der Waals surface area contributed by atoms with Crippen molar-refractivity contribution in [1.29, 1.82) is 0 Å². The van der Waals surface area contributed by atoms with Crippen LogP contribution in [0, 0.1) is 5.82 Å². The summed E-state index contributed by atoms with van der Waals surface area (Å²) in [6.45, 7) is 1.18. The highest BCUT2D eigenvalue weighted by Gasteiger charge is 2.42. The number of benzene rings is 2. The standard InChI is InChI=1S/C17H22FN3O3S.ClH/c1-19-10-5-11-20-16-6-3-4-7-17(16)21(25(20,22)23)15-9-8-13(24-2)12-14(15)18;/h3-4,6-9,12,19,22-23H,5,10-11H2,1-2H3;1H. The third-order valence-electron chi connectivity index (χ3n) is 4.07. The Hall–Kier alpha value is -1.71. The molecule has 0 radical (unpaired) electrons. The fourth-order valence-corrected chi connectivity index (χ4v) is 4.71. The predicted molar refractivity (Wildman–Crippen MR) is 108 cm³/mol. The molecule has 0 unspecified atom stereocenters. The summed E-state index contributed by atoms with van der Waals surface area (Å²) < 4.78 is 44.3. The third kappa shape index (κ3) is 3.56. The van der Waals surface area contributed by atoms with Crippen LogP contribution in [0.1, 0.15) is 6.42 Å². The number of rotatable bonds is 6. The van der Waals surface area contributed by atoms with Crippen molar-refractivity contribution in [3.05, 3.63) is 48.3 Å². The van der Waals surface area contributed by atoms with Crippen molar-refractivity contribution in [2.24, 2.45) is 0 Å². The summed E-state index contributed by atoms with van der Waals surface area (Å²) >= 11 is 0. The van der Waals surface area contributed by atoms with E-state index in [9.17, 15) is 13.5 Å². The van der Waals surface area contributed by atoms with Gasteiger partial charge in [0.05, 0.1) is 18.5 Å². The Kier molecular flexibility index (Phi) is 6.59. The molecule has 0 atom stereocenters. The Morgan fingerprint density at radius 1 is 1.12 bits per heavy atom. The van der Waals surface area contributed by atoms with Gasteiger partial charge in [-0.2, -0.15) is 0 Å². The van der Waals surface area contributed by atoms with Crippen LogP contribution in [-0.4, -0.2) is 36.4 Å². The van der Waals surface area contributed by atoms with Gasteiger partial charge in [-0.1, -0.05) is 12.1 Å². The Balaban J connectivity index is 0.00000243. The van der Waals surface area contributed by atoms with E-state index in [0.29, 0.717) is 23.7 Å². The second kappa shape index (κ2) is 8.32. The van der Waals surface area contributed by atoms with Crippen LogP contribution in [0.2, 0.25) is 0 Å². The molecule has 3 rings (SSSR count). The average Bonchev–Trinajstić information content (AvgIpc) is 2.82. The van der Waals surface area contributed by atoms with Gasteiger partial charge in [0.1, 0.15) is 11.4 Å². The summed E-state index contributed by atoms with van der Waals surface area (Å²) in [7, 11) is -0.107. The molecule has 26 heavy (non-hydrogen) atoms. The zero-order chi connectivity index (χ0) is 18.0. The lowest BCUT2D eigenvalue weighted by Gasteiger charge is -2.43. The minimum absolute atomic E-state index is 0. The van der Waals surface area contributed by atoms with Gasteiger partial charge >= 0.3 is 0 Å². The fraction of sp³-hybridized carbons (Fsp3) is 0.294. The van der Waals surface area contributed by atoms with Crippen molar-refractivity contribution in [2.45, 2.75) is 6.42 Å². The number of methoxy groups -OCH3 is 1. The number of ether oxygens (including phenoxy) is 1. The normalized spacial score (nSPS) is 16.0. The van der Waals surface area contributed by atoms with E-state index < -0.39 is 16.8 Å². The summed E-state index contributed by atoms with van der Waals surface area (Å²) in [4.78, 5) is 0. The Labute approximate surface area is 160 Å². The van der Waals surface area contributed by atoms with Crippen LogP contribution in [0.4, 0.5) is 21.5 Å². The summed E-state index contributed by atoms with van der Waals surface area (Å²) in [6.07, 6.45) is 0.722. The maximum Gasteiger partial charge on any atom is 0.152 e. The average molecular weight is 404 g/mol. The maximum absolute atomic E-state index is 14.6. The Bertz CT molecular complexity index is 766. The van der Waals surface area contributed by atoms with Crippen molar-refractivity contribution in [3.63, 3.8) is 0 Å². The molecular weight excluding hydrogens is 381 g/mol. The molecule has 0 bridgehead atoms. The van der Waals surface area contributed by atoms with Crippen LogP contribution in [0.5, 0.6) is 5.75 Å². The largest absolute Gasteiger partial charge is 0.497 e. The number of anilines is 3. The predicted octanol–water partition coefficient (Wildman–Crippen LogP) is 4.40. The molecular formula is C17H23ClFN3O3S. The molecule has 1 aliphatic rings. The van der Waals surface area contributed by atoms with Gasteiger partial charge in [0.2, 0.25) is 0 Å². The summed E-state index contributed by atoms with van der Waals surface area (Å²) in [5.41, 5.74) is 1.34. The van der Waals surface area contributed by atoms with Gasteiger partial charge in [0.25, 0.3) is 0 Å². The van der Waals surface area contributed by atoms with E-state index in [-0.39, 0.29) is 18.1 Å². The number of hydrogen-bond acceptors (Lipinski definition) is 6. The first kappa shape index (κ1) is 20.6. The molecule has 9 heteroatoms. The minimum atomic E-state index is -3.40. The monoisotopic (exact) mass is 403 g/mol. The highest BCUT2D eigenvalue weighted by Crippen LogP contribution is 2.64. The van der Waals surface area contributed by atoms with Crippen LogP contribution in [0.15, 0.2) is 42.5 Å². The number of nitrogens with one attached hydrogen (secondary N) is 1. The molecule has 0 amide bonds. The number of fused-ring (bicyclic) bond motifs is 1. The molecule has 6 nitrogen and oxygen atoms in total. The second-order valence-corrected chi connectivity index (χ2v) is 7.44. The van der Waals surface area contributed by atoms with E-state index in [1.807, 2.05) is 19.2 Å². The molecule has 0 aromatic heterocycles. The first-order valence-corrected chi connectivity index (χ1v) is 9.40.